The molecule has 2 heterocycles. The van der Waals surface area contributed by atoms with Crippen LogP contribution in [0.4, 0.5) is 0 Å². The quantitative estimate of drug-likeness (QED) is 0.534. The molecule has 0 radical (unpaired) electrons. The Kier molecular flexibility index (Phi) is 5.55. The van der Waals surface area contributed by atoms with Crippen LogP contribution in [-0.2, 0) is 13.0 Å². The van der Waals surface area contributed by atoms with Crippen molar-refractivity contribution in [1.29, 1.82) is 0 Å². The lowest BCUT2D eigenvalue weighted by Crippen LogP contribution is -2.28. The van der Waals surface area contributed by atoms with Crippen molar-refractivity contribution < 1.29 is 28.5 Å². The molecule has 0 aromatic heterocycles. The summed E-state index contributed by atoms with van der Waals surface area (Å²) in [5, 5.41) is 0. The lowest BCUT2D eigenvalue weighted by molar-refractivity contribution is 0.104. The fourth-order valence-corrected chi connectivity index (χ4v) is 4.06. The van der Waals surface area contributed by atoms with Gasteiger partial charge in [0.1, 0.15) is 0 Å². The van der Waals surface area contributed by atoms with Gasteiger partial charge in [-0.2, -0.15) is 0 Å². The Balaban J connectivity index is 1.78. The van der Waals surface area contributed by atoms with Gasteiger partial charge in [-0.25, -0.2) is 0 Å². The first-order valence-electron chi connectivity index (χ1n) is 9.72. The number of carbonyl (C=O) groups excluding carboxylic acids is 1. The largest absolute Gasteiger partial charge is 0.493 e. The van der Waals surface area contributed by atoms with Gasteiger partial charge in [-0.1, -0.05) is 12.1 Å². The van der Waals surface area contributed by atoms with Crippen molar-refractivity contribution >= 4 is 11.9 Å². The van der Waals surface area contributed by atoms with Gasteiger partial charge in [-0.3, -0.25) is 4.79 Å². The van der Waals surface area contributed by atoms with Crippen LogP contribution in [0.1, 0.15) is 27.0 Å². The highest BCUT2D eigenvalue weighted by Gasteiger charge is 2.34. The zero-order valence-corrected chi connectivity index (χ0v) is 17.6. The maximum Gasteiger partial charge on any atom is 0.231 e. The molecule has 0 fully saturated rings. The van der Waals surface area contributed by atoms with Crippen molar-refractivity contribution in [3.8, 4) is 28.7 Å². The zero-order valence-electron chi connectivity index (χ0n) is 17.6. The number of hydrogen-bond acceptors (Lipinski definition) is 7. The highest BCUT2D eigenvalue weighted by Crippen LogP contribution is 2.49. The molecule has 7 nitrogen and oxygen atoms in total. The van der Waals surface area contributed by atoms with Gasteiger partial charge < -0.3 is 28.6 Å². The van der Waals surface area contributed by atoms with Gasteiger partial charge in [0.2, 0.25) is 12.5 Å². The Bertz CT molecular complexity index is 1010. The number of para-hydroxylation sites is 1. The minimum atomic E-state index is -0.148. The second kappa shape index (κ2) is 8.28. The number of allylic oxidation sites excluding steroid dienone is 1. The third kappa shape index (κ3) is 3.35. The van der Waals surface area contributed by atoms with E-state index in [1.165, 1.54) is 0 Å². The van der Waals surface area contributed by atoms with Gasteiger partial charge in [0.05, 0.1) is 26.9 Å². The molecule has 4 rings (SSSR count). The monoisotopic (exact) mass is 411 g/mol. The molecule has 0 spiro atoms. The minimum Gasteiger partial charge on any atom is -0.493 e. The third-order valence-corrected chi connectivity index (χ3v) is 5.46. The Morgan fingerprint density at radius 2 is 1.80 bits per heavy atom. The standard InChI is InChI=1S/C23H25NO6/c1-24-11-10-15-16(12-24)21(28-4)23-22(29-13-30-23)19(15)17(25)9-8-14-6-5-7-18(26-2)20(14)27-3/h5-9H,10-13H2,1-4H3. The molecule has 0 atom stereocenters. The summed E-state index contributed by atoms with van der Waals surface area (Å²) in [5.41, 5.74) is 3.23. The van der Waals surface area contributed by atoms with Crippen molar-refractivity contribution in [2.24, 2.45) is 0 Å². The van der Waals surface area contributed by atoms with Crippen LogP contribution in [0.2, 0.25) is 0 Å². The Hall–Kier alpha value is -3.19. The summed E-state index contributed by atoms with van der Waals surface area (Å²) in [4.78, 5) is 15.5. The van der Waals surface area contributed by atoms with Gasteiger partial charge >= 0.3 is 0 Å². The molecule has 0 unspecified atom stereocenters. The Morgan fingerprint density at radius 3 is 2.53 bits per heavy atom. The van der Waals surface area contributed by atoms with Crippen LogP contribution < -0.4 is 23.7 Å². The van der Waals surface area contributed by atoms with E-state index in [0.29, 0.717) is 40.9 Å². The first-order chi connectivity index (χ1) is 14.6. The summed E-state index contributed by atoms with van der Waals surface area (Å²) >= 11 is 0. The van der Waals surface area contributed by atoms with E-state index in [0.717, 1.165) is 29.7 Å². The molecule has 158 valence electrons. The molecule has 0 N–H and O–H groups in total. The molecule has 2 aliphatic heterocycles. The van der Waals surface area contributed by atoms with Crippen LogP contribution in [0.15, 0.2) is 24.3 Å². The maximum absolute atomic E-state index is 13.3. The van der Waals surface area contributed by atoms with Gasteiger partial charge in [0.15, 0.2) is 28.8 Å². The molecule has 0 saturated heterocycles. The summed E-state index contributed by atoms with van der Waals surface area (Å²) in [6.45, 7) is 1.60. The second-order valence-electron chi connectivity index (χ2n) is 7.20. The van der Waals surface area contributed by atoms with Crippen molar-refractivity contribution in [2.45, 2.75) is 13.0 Å². The van der Waals surface area contributed by atoms with E-state index in [9.17, 15) is 4.79 Å². The van der Waals surface area contributed by atoms with E-state index < -0.39 is 0 Å². The number of hydrogen-bond donors (Lipinski definition) is 0. The van der Waals surface area contributed by atoms with Gasteiger partial charge in [0, 0.05) is 24.2 Å². The van der Waals surface area contributed by atoms with Crippen LogP contribution in [0, 0.1) is 0 Å². The van der Waals surface area contributed by atoms with E-state index in [1.54, 1.807) is 33.5 Å². The van der Waals surface area contributed by atoms with Crippen LogP contribution in [0.25, 0.3) is 6.08 Å². The number of nitrogens with zero attached hydrogens (tertiary/aromatic N) is 1. The predicted molar refractivity (Wildman–Crippen MR) is 112 cm³/mol. The number of carbonyl (C=O) groups is 1. The first kappa shape index (κ1) is 20.1. The summed E-state index contributed by atoms with van der Waals surface area (Å²) in [6, 6.07) is 5.53. The number of ketones is 1. The molecule has 0 saturated carbocycles. The fourth-order valence-electron chi connectivity index (χ4n) is 4.06. The molecule has 30 heavy (non-hydrogen) atoms. The van der Waals surface area contributed by atoms with Crippen molar-refractivity contribution in [2.75, 3.05) is 41.7 Å². The molecule has 2 aromatic rings. The van der Waals surface area contributed by atoms with Crippen molar-refractivity contribution in [3.05, 3.63) is 46.5 Å². The van der Waals surface area contributed by atoms with Crippen LogP contribution in [-0.4, -0.2) is 52.4 Å². The summed E-state index contributed by atoms with van der Waals surface area (Å²) < 4.78 is 27.8. The lowest BCUT2D eigenvalue weighted by Gasteiger charge is -2.28. The number of methoxy groups -OCH3 is 3. The van der Waals surface area contributed by atoms with E-state index in [2.05, 4.69) is 4.90 Å². The topological polar surface area (TPSA) is 66.5 Å². The first-order valence-corrected chi connectivity index (χ1v) is 9.72. The number of likely N-dealkylation sites (N-methyl/N-ethyl adjacent to an activating group) is 1. The van der Waals surface area contributed by atoms with E-state index >= 15 is 0 Å². The lowest BCUT2D eigenvalue weighted by atomic mass is 9.90. The number of rotatable bonds is 6. The van der Waals surface area contributed by atoms with Crippen LogP contribution in [0.3, 0.4) is 0 Å². The average Bonchev–Trinajstić information content (AvgIpc) is 3.24. The molecule has 0 bridgehead atoms. The SMILES string of the molecule is COc1cccc(C=CC(=O)c2c3c(c(OC)c4c2OCO4)CN(C)CC3)c1OC. The number of benzene rings is 2. The van der Waals surface area contributed by atoms with E-state index in [1.807, 2.05) is 25.2 Å². The molecular weight excluding hydrogens is 386 g/mol. The van der Waals surface area contributed by atoms with E-state index in [-0.39, 0.29) is 12.6 Å². The number of fused-ring (bicyclic) bond motifs is 2. The normalized spacial score (nSPS) is 15.2. The van der Waals surface area contributed by atoms with Crippen molar-refractivity contribution in [3.63, 3.8) is 0 Å². The summed E-state index contributed by atoms with van der Waals surface area (Å²) in [7, 11) is 6.81. The molecule has 2 aliphatic rings. The number of ether oxygens (including phenoxy) is 5. The maximum atomic E-state index is 13.3. The molecule has 0 amide bonds. The van der Waals surface area contributed by atoms with Crippen LogP contribution >= 0.6 is 0 Å². The molecule has 0 aliphatic carbocycles. The van der Waals surface area contributed by atoms with Crippen LogP contribution in [0.5, 0.6) is 28.7 Å². The second-order valence-corrected chi connectivity index (χ2v) is 7.20. The molecular formula is C23H25NO6. The summed E-state index contributed by atoms with van der Waals surface area (Å²) in [6.07, 6.45) is 4.01. The smallest absolute Gasteiger partial charge is 0.231 e. The average molecular weight is 411 g/mol. The van der Waals surface area contributed by atoms with Gasteiger partial charge in [-0.05, 0) is 37.3 Å². The highest BCUT2D eigenvalue weighted by molar-refractivity contribution is 6.11. The van der Waals surface area contributed by atoms with Gasteiger partial charge in [0.25, 0.3) is 0 Å². The summed E-state index contributed by atoms with van der Waals surface area (Å²) in [5.74, 6) is 2.65. The van der Waals surface area contributed by atoms with Gasteiger partial charge in [-0.15, -0.1) is 0 Å². The molecule has 7 heteroatoms. The van der Waals surface area contributed by atoms with E-state index in [4.69, 9.17) is 23.7 Å². The molecule has 2 aromatic carbocycles. The van der Waals surface area contributed by atoms with Crippen molar-refractivity contribution in [1.82, 2.24) is 4.90 Å². The third-order valence-electron chi connectivity index (χ3n) is 5.46. The highest BCUT2D eigenvalue weighted by atomic mass is 16.7. The Morgan fingerprint density at radius 1 is 1.03 bits per heavy atom. The predicted octanol–water partition coefficient (Wildman–Crippen LogP) is 3.33. The minimum absolute atomic E-state index is 0.0676. The Labute approximate surface area is 175 Å². The zero-order chi connectivity index (χ0) is 21.3. The fraction of sp³-hybridized carbons (Fsp3) is 0.348.